The molecule has 1 aromatic rings. The van der Waals surface area contributed by atoms with Gasteiger partial charge in [-0.25, -0.2) is 0 Å². The van der Waals surface area contributed by atoms with E-state index in [9.17, 15) is 0 Å². The number of benzene rings is 1. The number of hydrogen-bond donors (Lipinski definition) is 1. The Bertz CT molecular complexity index is 265. The second-order valence-electron chi connectivity index (χ2n) is 5.27. The van der Waals surface area contributed by atoms with Crippen LogP contribution in [0.1, 0.15) is 20.3 Å². The molecule has 0 spiro atoms. The summed E-state index contributed by atoms with van der Waals surface area (Å²) in [5, 5.41) is 0. The summed E-state index contributed by atoms with van der Waals surface area (Å²) in [7, 11) is 0. The molecule has 1 aliphatic heterocycles. The summed E-state index contributed by atoms with van der Waals surface area (Å²) in [6.07, 6.45) is 1.14. The molecule has 108 valence electrons. The van der Waals surface area contributed by atoms with E-state index in [1.807, 2.05) is 36.4 Å². The molecular formula is C16H29N3. The highest BCUT2D eigenvalue weighted by Crippen LogP contribution is 2.05. The molecule has 1 aromatic carbocycles. The van der Waals surface area contributed by atoms with Gasteiger partial charge in [0.15, 0.2) is 0 Å². The Morgan fingerprint density at radius 1 is 0.895 bits per heavy atom. The van der Waals surface area contributed by atoms with E-state index in [0.717, 1.165) is 13.0 Å². The SMILES string of the molecule is CC(C)N1CCN(CCCN)CC1.c1ccccc1. The van der Waals surface area contributed by atoms with Crippen molar-refractivity contribution in [2.75, 3.05) is 39.3 Å². The van der Waals surface area contributed by atoms with Crippen molar-refractivity contribution < 1.29 is 0 Å². The lowest BCUT2D eigenvalue weighted by Crippen LogP contribution is -2.49. The normalized spacial score (nSPS) is 17.1. The first-order valence-corrected chi connectivity index (χ1v) is 7.40. The van der Waals surface area contributed by atoms with Gasteiger partial charge in [-0.3, -0.25) is 4.90 Å². The largest absolute Gasteiger partial charge is 0.330 e. The van der Waals surface area contributed by atoms with Gasteiger partial charge < -0.3 is 10.6 Å². The molecule has 0 aromatic heterocycles. The Hall–Kier alpha value is -0.900. The highest BCUT2D eigenvalue weighted by atomic mass is 15.3. The molecule has 1 fully saturated rings. The Kier molecular flexibility index (Phi) is 8.47. The van der Waals surface area contributed by atoms with Crippen LogP contribution in [-0.4, -0.2) is 55.1 Å². The third-order valence-electron chi connectivity index (χ3n) is 3.48. The Balaban J connectivity index is 0.000000250. The van der Waals surface area contributed by atoms with E-state index in [-0.39, 0.29) is 0 Å². The van der Waals surface area contributed by atoms with Crippen molar-refractivity contribution in [1.82, 2.24) is 9.80 Å². The minimum absolute atomic E-state index is 0.705. The summed E-state index contributed by atoms with van der Waals surface area (Å²) in [5.74, 6) is 0. The molecule has 3 nitrogen and oxygen atoms in total. The second kappa shape index (κ2) is 9.96. The first-order chi connectivity index (χ1) is 9.24. The van der Waals surface area contributed by atoms with E-state index in [2.05, 4.69) is 23.6 Å². The summed E-state index contributed by atoms with van der Waals surface area (Å²) in [6.45, 7) is 11.4. The lowest BCUT2D eigenvalue weighted by atomic mass is 10.2. The molecule has 2 N–H and O–H groups in total. The molecule has 0 aliphatic carbocycles. The first kappa shape index (κ1) is 16.2. The van der Waals surface area contributed by atoms with Crippen molar-refractivity contribution in [3.05, 3.63) is 36.4 Å². The monoisotopic (exact) mass is 263 g/mol. The average Bonchev–Trinajstić information content (AvgIpc) is 2.48. The van der Waals surface area contributed by atoms with Gasteiger partial charge >= 0.3 is 0 Å². The molecule has 0 saturated carbocycles. The Morgan fingerprint density at radius 2 is 1.37 bits per heavy atom. The standard InChI is InChI=1S/C10H23N3.C6H6/c1-10(2)13-8-6-12(7-9-13)5-3-4-11;1-2-4-6-5-3-1/h10H,3-9,11H2,1-2H3;1-6H. The first-order valence-electron chi connectivity index (χ1n) is 7.40. The molecule has 0 unspecified atom stereocenters. The number of nitrogens with two attached hydrogens (primary N) is 1. The summed E-state index contributed by atoms with van der Waals surface area (Å²) in [6, 6.07) is 12.7. The van der Waals surface area contributed by atoms with E-state index in [1.54, 1.807) is 0 Å². The Labute approximate surface area is 118 Å². The predicted molar refractivity (Wildman–Crippen MR) is 83.3 cm³/mol. The van der Waals surface area contributed by atoms with E-state index in [1.165, 1.54) is 32.7 Å². The fraction of sp³-hybridized carbons (Fsp3) is 0.625. The van der Waals surface area contributed by atoms with Crippen molar-refractivity contribution in [3.63, 3.8) is 0 Å². The van der Waals surface area contributed by atoms with Crippen LogP contribution in [0.15, 0.2) is 36.4 Å². The van der Waals surface area contributed by atoms with E-state index < -0.39 is 0 Å². The average molecular weight is 263 g/mol. The van der Waals surface area contributed by atoms with Crippen LogP contribution in [-0.2, 0) is 0 Å². The summed E-state index contributed by atoms with van der Waals surface area (Å²) in [4.78, 5) is 5.06. The van der Waals surface area contributed by atoms with Crippen LogP contribution in [0, 0.1) is 0 Å². The van der Waals surface area contributed by atoms with E-state index >= 15 is 0 Å². The maximum atomic E-state index is 5.48. The third-order valence-corrected chi connectivity index (χ3v) is 3.48. The summed E-state index contributed by atoms with van der Waals surface area (Å²) < 4.78 is 0. The Morgan fingerprint density at radius 3 is 1.74 bits per heavy atom. The zero-order chi connectivity index (χ0) is 13.9. The van der Waals surface area contributed by atoms with E-state index in [0.29, 0.717) is 6.04 Å². The quantitative estimate of drug-likeness (QED) is 0.902. The molecule has 0 radical (unpaired) electrons. The fourth-order valence-corrected chi connectivity index (χ4v) is 2.20. The molecule has 19 heavy (non-hydrogen) atoms. The van der Waals surface area contributed by atoms with Gasteiger partial charge in [-0.2, -0.15) is 0 Å². The lowest BCUT2D eigenvalue weighted by molar-refractivity contribution is 0.108. The van der Waals surface area contributed by atoms with Crippen LogP contribution in [0.3, 0.4) is 0 Å². The number of piperazine rings is 1. The maximum Gasteiger partial charge on any atom is 0.0113 e. The van der Waals surface area contributed by atoms with Crippen molar-refractivity contribution in [1.29, 1.82) is 0 Å². The molecule has 2 rings (SSSR count). The third kappa shape index (κ3) is 7.31. The maximum absolute atomic E-state index is 5.48. The molecule has 3 heteroatoms. The van der Waals surface area contributed by atoms with Gasteiger partial charge in [0.25, 0.3) is 0 Å². The minimum atomic E-state index is 0.705. The van der Waals surface area contributed by atoms with Crippen LogP contribution in [0.5, 0.6) is 0 Å². The van der Waals surface area contributed by atoms with Crippen molar-refractivity contribution in [2.24, 2.45) is 5.73 Å². The van der Waals surface area contributed by atoms with Gasteiger partial charge in [-0.1, -0.05) is 36.4 Å². The second-order valence-corrected chi connectivity index (χ2v) is 5.27. The van der Waals surface area contributed by atoms with Gasteiger partial charge in [0, 0.05) is 32.2 Å². The summed E-state index contributed by atoms with van der Waals surface area (Å²) >= 11 is 0. The predicted octanol–water partition coefficient (Wildman–Crippen LogP) is 2.05. The van der Waals surface area contributed by atoms with Crippen molar-refractivity contribution in [3.8, 4) is 0 Å². The highest BCUT2D eigenvalue weighted by Gasteiger charge is 2.17. The highest BCUT2D eigenvalue weighted by molar-refractivity contribution is 4.99. The minimum Gasteiger partial charge on any atom is -0.330 e. The zero-order valence-corrected chi connectivity index (χ0v) is 12.5. The zero-order valence-electron chi connectivity index (χ0n) is 12.5. The number of hydrogen-bond acceptors (Lipinski definition) is 3. The lowest BCUT2D eigenvalue weighted by Gasteiger charge is -2.36. The van der Waals surface area contributed by atoms with Crippen LogP contribution in [0.25, 0.3) is 0 Å². The van der Waals surface area contributed by atoms with Gasteiger partial charge in [-0.05, 0) is 33.4 Å². The summed E-state index contributed by atoms with van der Waals surface area (Å²) in [5.41, 5.74) is 5.48. The molecular weight excluding hydrogens is 234 g/mol. The molecule has 1 aliphatic rings. The van der Waals surface area contributed by atoms with Crippen molar-refractivity contribution >= 4 is 0 Å². The van der Waals surface area contributed by atoms with Crippen LogP contribution in [0.2, 0.25) is 0 Å². The molecule has 1 saturated heterocycles. The fourth-order valence-electron chi connectivity index (χ4n) is 2.20. The molecule has 0 bridgehead atoms. The van der Waals surface area contributed by atoms with E-state index in [4.69, 9.17) is 5.73 Å². The van der Waals surface area contributed by atoms with Gasteiger partial charge in [0.1, 0.15) is 0 Å². The van der Waals surface area contributed by atoms with Crippen LogP contribution >= 0.6 is 0 Å². The number of nitrogens with zero attached hydrogens (tertiary/aromatic N) is 2. The molecule has 0 atom stereocenters. The van der Waals surface area contributed by atoms with Gasteiger partial charge in [0.05, 0.1) is 0 Å². The topological polar surface area (TPSA) is 32.5 Å². The molecule has 0 amide bonds. The van der Waals surface area contributed by atoms with Gasteiger partial charge in [0.2, 0.25) is 0 Å². The van der Waals surface area contributed by atoms with Crippen molar-refractivity contribution in [2.45, 2.75) is 26.3 Å². The van der Waals surface area contributed by atoms with Crippen LogP contribution in [0.4, 0.5) is 0 Å². The number of rotatable bonds is 4. The van der Waals surface area contributed by atoms with Crippen LogP contribution < -0.4 is 5.73 Å². The van der Waals surface area contributed by atoms with Gasteiger partial charge in [-0.15, -0.1) is 0 Å². The smallest absolute Gasteiger partial charge is 0.0113 e. The molecule has 1 heterocycles.